The molecule has 1 aromatic heterocycles. The second kappa shape index (κ2) is 6.85. The Labute approximate surface area is 112 Å². The zero-order chi connectivity index (χ0) is 13.5. The number of nitrogens with zero attached hydrogens (tertiary/aromatic N) is 1. The molecule has 0 amide bonds. The topological polar surface area (TPSA) is 34.1 Å². The summed E-state index contributed by atoms with van der Waals surface area (Å²) in [5.41, 5.74) is 1.18. The predicted molar refractivity (Wildman–Crippen MR) is 72.5 cm³/mol. The Morgan fingerprint density at radius 3 is 2.79 bits per heavy atom. The van der Waals surface area contributed by atoms with E-state index in [0.29, 0.717) is 18.9 Å². The fourth-order valence-corrected chi connectivity index (χ4v) is 1.77. The first kappa shape index (κ1) is 13.5. The summed E-state index contributed by atoms with van der Waals surface area (Å²) >= 11 is 0. The molecule has 1 heterocycles. The second-order valence-corrected chi connectivity index (χ2v) is 4.26. The van der Waals surface area contributed by atoms with E-state index in [1.165, 1.54) is 17.7 Å². The summed E-state index contributed by atoms with van der Waals surface area (Å²) in [6.45, 7) is 3.27. The molecule has 0 aliphatic heterocycles. The van der Waals surface area contributed by atoms with Crippen LogP contribution in [0.25, 0.3) is 0 Å². The van der Waals surface area contributed by atoms with Crippen LogP contribution in [0.2, 0.25) is 0 Å². The Morgan fingerprint density at radius 2 is 2.05 bits per heavy atom. The minimum absolute atomic E-state index is 0.235. The molecule has 0 bridgehead atoms. The quantitative estimate of drug-likeness (QED) is 0.811. The molecule has 0 unspecified atom stereocenters. The summed E-state index contributed by atoms with van der Waals surface area (Å²) in [7, 11) is 0. The summed E-state index contributed by atoms with van der Waals surface area (Å²) in [6, 6.07) is 10.4. The number of pyridine rings is 1. The van der Waals surface area contributed by atoms with Crippen molar-refractivity contribution in [1.29, 1.82) is 0 Å². The summed E-state index contributed by atoms with van der Waals surface area (Å²) in [6.07, 6.45) is 3.55. The molecule has 100 valence electrons. The first-order valence-corrected chi connectivity index (χ1v) is 6.27. The smallest absolute Gasteiger partial charge is 0.126 e. The summed E-state index contributed by atoms with van der Waals surface area (Å²) in [5.74, 6) is 0.272. The number of hydrogen-bond donors (Lipinski definition) is 1. The Morgan fingerprint density at radius 1 is 1.26 bits per heavy atom. The predicted octanol–water partition coefficient (Wildman–Crippen LogP) is 2.95. The molecular weight excluding hydrogens is 243 g/mol. The normalized spacial score (nSPS) is 12.1. The number of halogens is 1. The lowest BCUT2D eigenvalue weighted by atomic mass is 10.1. The van der Waals surface area contributed by atoms with Gasteiger partial charge in [0.05, 0.1) is 0 Å². The van der Waals surface area contributed by atoms with Crippen LogP contribution in [0.3, 0.4) is 0 Å². The number of ether oxygens (including phenoxy) is 1. The van der Waals surface area contributed by atoms with Crippen LogP contribution in [0, 0.1) is 5.82 Å². The van der Waals surface area contributed by atoms with Crippen molar-refractivity contribution >= 4 is 0 Å². The van der Waals surface area contributed by atoms with Crippen molar-refractivity contribution in [3.05, 3.63) is 60.2 Å². The highest BCUT2D eigenvalue weighted by atomic mass is 19.1. The average molecular weight is 260 g/mol. The molecule has 19 heavy (non-hydrogen) atoms. The molecule has 3 nitrogen and oxygen atoms in total. The van der Waals surface area contributed by atoms with Crippen molar-refractivity contribution in [3.8, 4) is 5.75 Å². The number of rotatable bonds is 6. The second-order valence-electron chi connectivity index (χ2n) is 4.26. The van der Waals surface area contributed by atoms with Crippen LogP contribution >= 0.6 is 0 Å². The molecule has 2 rings (SSSR count). The molecule has 0 spiro atoms. The molecule has 0 fully saturated rings. The highest BCUT2D eigenvalue weighted by molar-refractivity contribution is 5.22. The van der Waals surface area contributed by atoms with E-state index in [1.807, 2.05) is 12.1 Å². The van der Waals surface area contributed by atoms with Crippen LogP contribution in [0.5, 0.6) is 5.75 Å². The van der Waals surface area contributed by atoms with Gasteiger partial charge in [-0.15, -0.1) is 0 Å². The minimum atomic E-state index is -0.282. The standard InChI is InChI=1S/C15H17FN2O/c1-12(13-5-7-17-8-6-13)18-9-10-19-15-4-2-3-14(16)11-15/h2-8,11-12,18H,9-10H2,1H3/t12-/m1/s1. The van der Waals surface area contributed by atoms with Gasteiger partial charge in [0.25, 0.3) is 0 Å². The van der Waals surface area contributed by atoms with E-state index in [1.54, 1.807) is 24.5 Å². The molecule has 1 aromatic carbocycles. The number of aromatic nitrogens is 1. The van der Waals surface area contributed by atoms with Gasteiger partial charge in [-0.05, 0) is 36.8 Å². The van der Waals surface area contributed by atoms with E-state index in [0.717, 1.165) is 0 Å². The van der Waals surface area contributed by atoms with Crippen LogP contribution in [0.4, 0.5) is 4.39 Å². The van der Waals surface area contributed by atoms with Crippen molar-refractivity contribution < 1.29 is 9.13 Å². The lowest BCUT2D eigenvalue weighted by Crippen LogP contribution is -2.24. The first-order valence-electron chi connectivity index (χ1n) is 6.27. The molecule has 4 heteroatoms. The van der Waals surface area contributed by atoms with Crippen molar-refractivity contribution in [2.75, 3.05) is 13.2 Å². The first-order chi connectivity index (χ1) is 9.25. The van der Waals surface area contributed by atoms with Crippen molar-refractivity contribution in [1.82, 2.24) is 10.3 Å². The number of nitrogens with one attached hydrogen (secondary N) is 1. The van der Waals surface area contributed by atoms with E-state index in [-0.39, 0.29) is 11.9 Å². The Balaban J connectivity index is 1.72. The third kappa shape index (κ3) is 4.34. The summed E-state index contributed by atoms with van der Waals surface area (Å²) in [5, 5.41) is 3.34. The fraction of sp³-hybridized carbons (Fsp3) is 0.267. The molecule has 1 N–H and O–H groups in total. The van der Waals surface area contributed by atoms with Crippen molar-refractivity contribution in [2.45, 2.75) is 13.0 Å². The van der Waals surface area contributed by atoms with Gasteiger partial charge in [0.15, 0.2) is 0 Å². The molecule has 0 saturated carbocycles. The number of benzene rings is 1. The molecule has 0 aliphatic rings. The average Bonchev–Trinajstić information content (AvgIpc) is 2.44. The maximum atomic E-state index is 12.9. The molecule has 1 atom stereocenters. The highest BCUT2D eigenvalue weighted by Crippen LogP contribution is 2.12. The summed E-state index contributed by atoms with van der Waals surface area (Å²) in [4.78, 5) is 3.98. The third-order valence-corrected chi connectivity index (χ3v) is 2.82. The van der Waals surface area contributed by atoms with Crippen molar-refractivity contribution in [3.63, 3.8) is 0 Å². The summed E-state index contributed by atoms with van der Waals surface area (Å²) < 4.78 is 18.4. The molecule has 0 radical (unpaired) electrons. The van der Waals surface area contributed by atoms with Crippen molar-refractivity contribution in [2.24, 2.45) is 0 Å². The Hall–Kier alpha value is -1.94. The Bertz CT molecular complexity index is 505. The highest BCUT2D eigenvalue weighted by Gasteiger charge is 2.03. The maximum absolute atomic E-state index is 12.9. The van der Waals surface area contributed by atoms with Gasteiger partial charge in [-0.25, -0.2) is 4.39 Å². The van der Waals surface area contributed by atoms with E-state index < -0.39 is 0 Å². The number of hydrogen-bond acceptors (Lipinski definition) is 3. The van der Waals surface area contributed by atoms with Gasteiger partial charge in [0.2, 0.25) is 0 Å². The van der Waals surface area contributed by atoms with Gasteiger partial charge >= 0.3 is 0 Å². The largest absolute Gasteiger partial charge is 0.492 e. The van der Waals surface area contributed by atoms with E-state index in [2.05, 4.69) is 17.2 Å². The van der Waals surface area contributed by atoms with Gasteiger partial charge in [-0.1, -0.05) is 6.07 Å². The lowest BCUT2D eigenvalue weighted by Gasteiger charge is -2.14. The lowest BCUT2D eigenvalue weighted by molar-refractivity contribution is 0.306. The van der Waals surface area contributed by atoms with E-state index >= 15 is 0 Å². The van der Waals surface area contributed by atoms with E-state index in [9.17, 15) is 4.39 Å². The third-order valence-electron chi connectivity index (χ3n) is 2.82. The van der Waals surface area contributed by atoms with Gasteiger partial charge in [0, 0.05) is 31.0 Å². The minimum Gasteiger partial charge on any atom is -0.492 e. The SMILES string of the molecule is C[C@@H](NCCOc1cccc(F)c1)c1ccncc1. The van der Waals surface area contributed by atoms with Gasteiger partial charge in [0.1, 0.15) is 18.2 Å². The zero-order valence-electron chi connectivity index (χ0n) is 10.8. The maximum Gasteiger partial charge on any atom is 0.126 e. The van der Waals surface area contributed by atoms with Crippen LogP contribution in [0.15, 0.2) is 48.8 Å². The van der Waals surface area contributed by atoms with E-state index in [4.69, 9.17) is 4.74 Å². The van der Waals surface area contributed by atoms with Crippen LogP contribution in [0.1, 0.15) is 18.5 Å². The van der Waals surface area contributed by atoms with Crippen LogP contribution < -0.4 is 10.1 Å². The van der Waals surface area contributed by atoms with Gasteiger partial charge in [-0.3, -0.25) is 4.98 Å². The Kier molecular flexibility index (Phi) is 4.86. The molecule has 2 aromatic rings. The zero-order valence-corrected chi connectivity index (χ0v) is 10.8. The monoisotopic (exact) mass is 260 g/mol. The fourth-order valence-electron chi connectivity index (χ4n) is 1.77. The van der Waals surface area contributed by atoms with Gasteiger partial charge < -0.3 is 10.1 Å². The van der Waals surface area contributed by atoms with Crippen LogP contribution in [-0.4, -0.2) is 18.1 Å². The molecular formula is C15H17FN2O. The van der Waals surface area contributed by atoms with Gasteiger partial charge in [-0.2, -0.15) is 0 Å². The molecule has 0 aliphatic carbocycles. The van der Waals surface area contributed by atoms with Crippen LogP contribution in [-0.2, 0) is 0 Å². The molecule has 0 saturated heterocycles.